The van der Waals surface area contributed by atoms with Crippen LogP contribution in [-0.4, -0.2) is 78.5 Å². The number of carbonyl (C=O) groups excluding carboxylic acids is 2. The normalized spacial score (nSPS) is 23.6. The van der Waals surface area contributed by atoms with E-state index >= 15 is 0 Å². The topological polar surface area (TPSA) is 55.9 Å². The van der Waals surface area contributed by atoms with Crippen LogP contribution in [0.15, 0.2) is 24.3 Å². The van der Waals surface area contributed by atoms with Crippen LogP contribution in [0.25, 0.3) is 0 Å². The zero-order chi connectivity index (χ0) is 21.6. The Balaban J connectivity index is 1.35. The summed E-state index contributed by atoms with van der Waals surface area (Å²) in [6.45, 7) is 7.79. The molecule has 3 amide bonds. The second-order valence-electron chi connectivity index (χ2n) is 9.37. The van der Waals surface area contributed by atoms with E-state index in [4.69, 9.17) is 0 Å². The minimum absolute atomic E-state index is 0.0234. The Morgan fingerprint density at radius 2 is 1.71 bits per heavy atom. The molecule has 1 aromatic carbocycles. The second kappa shape index (κ2) is 10.5. The van der Waals surface area contributed by atoms with Crippen LogP contribution < -0.4 is 5.32 Å². The molecule has 0 unspecified atom stereocenters. The average molecular weight is 427 g/mol. The minimum atomic E-state index is 0.0234. The highest BCUT2D eigenvalue weighted by atomic mass is 16.2. The van der Waals surface area contributed by atoms with Crippen molar-refractivity contribution in [3.8, 4) is 0 Å². The van der Waals surface area contributed by atoms with Crippen LogP contribution in [0, 0.1) is 0 Å². The fraction of sp³-hybridized carbons (Fsp3) is 0.680. The number of urea groups is 1. The molecule has 3 aliphatic rings. The smallest absolute Gasteiger partial charge is 0.317 e. The molecule has 2 saturated heterocycles. The Morgan fingerprint density at radius 1 is 0.935 bits per heavy atom. The van der Waals surface area contributed by atoms with Crippen LogP contribution in [0.1, 0.15) is 73.7 Å². The number of piperidine rings is 1. The maximum Gasteiger partial charge on any atom is 0.317 e. The van der Waals surface area contributed by atoms with Crippen molar-refractivity contribution in [2.45, 2.75) is 63.8 Å². The molecule has 3 fully saturated rings. The average Bonchev–Trinajstić information content (AvgIpc) is 2.84. The van der Waals surface area contributed by atoms with Crippen molar-refractivity contribution in [2.24, 2.45) is 0 Å². The molecular weight excluding hydrogens is 388 g/mol. The van der Waals surface area contributed by atoms with Gasteiger partial charge in [-0.05, 0) is 50.3 Å². The van der Waals surface area contributed by atoms with Crippen molar-refractivity contribution >= 4 is 11.9 Å². The summed E-state index contributed by atoms with van der Waals surface area (Å²) in [6, 6.07) is 8.89. The lowest BCUT2D eigenvalue weighted by Gasteiger charge is -2.40. The fourth-order valence-electron chi connectivity index (χ4n) is 5.54. The molecule has 1 aromatic rings. The van der Waals surface area contributed by atoms with Crippen molar-refractivity contribution < 1.29 is 9.59 Å². The fourth-order valence-corrected chi connectivity index (χ4v) is 5.54. The second-order valence-corrected chi connectivity index (χ2v) is 9.37. The van der Waals surface area contributed by atoms with E-state index in [1.54, 1.807) is 0 Å². The monoisotopic (exact) mass is 426 g/mol. The van der Waals surface area contributed by atoms with Gasteiger partial charge in [-0.2, -0.15) is 0 Å². The molecule has 31 heavy (non-hydrogen) atoms. The molecule has 0 aromatic heterocycles. The van der Waals surface area contributed by atoms with Gasteiger partial charge in [-0.25, -0.2) is 4.79 Å². The molecule has 0 spiro atoms. The Bertz CT molecular complexity index is 754. The van der Waals surface area contributed by atoms with E-state index in [0.717, 1.165) is 63.7 Å². The molecule has 0 radical (unpaired) electrons. The number of nitrogens with one attached hydrogen (secondary N) is 1. The van der Waals surface area contributed by atoms with Crippen LogP contribution in [0.4, 0.5) is 4.79 Å². The number of piperazine rings is 1. The van der Waals surface area contributed by atoms with Gasteiger partial charge in [-0.1, -0.05) is 31.4 Å². The standard InChI is InChI=1S/C25H38N4O2/c1-2-26-25(31)29-13-7-10-22(19-29)20-8-6-9-21(18-20)24(30)28-16-14-27(15-17-28)23-11-4-3-5-12-23/h6,8-9,18,22-23H,2-5,7,10-17,19H2,1H3,(H,26,31)/t22-/m1/s1. The molecule has 2 aliphatic heterocycles. The van der Waals surface area contributed by atoms with Crippen LogP contribution in [0.5, 0.6) is 0 Å². The molecule has 1 aliphatic carbocycles. The van der Waals surface area contributed by atoms with E-state index in [1.807, 2.05) is 28.9 Å². The molecule has 1 atom stereocenters. The van der Waals surface area contributed by atoms with Crippen LogP contribution in [0.3, 0.4) is 0 Å². The summed E-state index contributed by atoms with van der Waals surface area (Å²) >= 11 is 0. The Hall–Kier alpha value is -2.08. The highest BCUT2D eigenvalue weighted by molar-refractivity contribution is 5.94. The predicted molar refractivity (Wildman–Crippen MR) is 123 cm³/mol. The summed E-state index contributed by atoms with van der Waals surface area (Å²) in [5.74, 6) is 0.453. The zero-order valence-corrected chi connectivity index (χ0v) is 19.0. The quantitative estimate of drug-likeness (QED) is 0.799. The van der Waals surface area contributed by atoms with Gasteiger partial charge < -0.3 is 15.1 Å². The van der Waals surface area contributed by atoms with E-state index in [2.05, 4.69) is 22.3 Å². The summed E-state index contributed by atoms with van der Waals surface area (Å²) in [6.07, 6.45) is 8.81. The van der Waals surface area contributed by atoms with Crippen molar-refractivity contribution in [2.75, 3.05) is 45.8 Å². The van der Waals surface area contributed by atoms with E-state index in [9.17, 15) is 9.59 Å². The maximum absolute atomic E-state index is 13.2. The number of likely N-dealkylation sites (tertiary alicyclic amines) is 1. The SMILES string of the molecule is CCNC(=O)N1CCC[C@@H](c2cccc(C(=O)N3CCN(C4CCCCC4)CC3)c2)C1. The largest absolute Gasteiger partial charge is 0.338 e. The number of rotatable bonds is 4. The van der Waals surface area contributed by atoms with E-state index in [0.29, 0.717) is 12.5 Å². The van der Waals surface area contributed by atoms with Crippen LogP contribution >= 0.6 is 0 Å². The van der Waals surface area contributed by atoms with E-state index in [1.165, 1.54) is 37.7 Å². The van der Waals surface area contributed by atoms with Crippen molar-refractivity contribution in [3.05, 3.63) is 35.4 Å². The van der Waals surface area contributed by atoms with Gasteiger partial charge >= 0.3 is 6.03 Å². The zero-order valence-electron chi connectivity index (χ0n) is 19.0. The first kappa shape index (κ1) is 22.1. The first-order valence-corrected chi connectivity index (χ1v) is 12.3. The highest BCUT2D eigenvalue weighted by Crippen LogP contribution is 2.28. The Labute approximate surface area is 187 Å². The van der Waals surface area contributed by atoms with E-state index < -0.39 is 0 Å². The summed E-state index contributed by atoms with van der Waals surface area (Å²) in [4.78, 5) is 32.0. The predicted octanol–water partition coefficient (Wildman–Crippen LogP) is 3.69. The lowest BCUT2D eigenvalue weighted by molar-refractivity contribution is 0.0523. The number of hydrogen-bond acceptors (Lipinski definition) is 3. The highest BCUT2D eigenvalue weighted by Gasteiger charge is 2.29. The molecule has 170 valence electrons. The van der Waals surface area contributed by atoms with Gasteiger partial charge in [-0.15, -0.1) is 0 Å². The molecule has 1 saturated carbocycles. The third-order valence-corrected chi connectivity index (χ3v) is 7.33. The third-order valence-electron chi connectivity index (χ3n) is 7.33. The summed E-state index contributed by atoms with van der Waals surface area (Å²) < 4.78 is 0. The van der Waals surface area contributed by atoms with Crippen LogP contribution in [0.2, 0.25) is 0 Å². The van der Waals surface area contributed by atoms with E-state index in [-0.39, 0.29) is 11.9 Å². The summed E-state index contributed by atoms with van der Waals surface area (Å²) in [7, 11) is 0. The molecule has 6 heteroatoms. The number of amides is 3. The van der Waals surface area contributed by atoms with Gasteiger partial charge in [0.2, 0.25) is 0 Å². The van der Waals surface area contributed by atoms with Gasteiger partial charge in [0.1, 0.15) is 0 Å². The number of carbonyl (C=O) groups is 2. The molecule has 0 bridgehead atoms. The first-order chi connectivity index (χ1) is 15.2. The molecule has 6 nitrogen and oxygen atoms in total. The molecule has 1 N–H and O–H groups in total. The Kier molecular flexibility index (Phi) is 7.49. The van der Waals surface area contributed by atoms with Crippen molar-refractivity contribution in [3.63, 3.8) is 0 Å². The first-order valence-electron chi connectivity index (χ1n) is 12.3. The summed E-state index contributed by atoms with van der Waals surface area (Å²) in [5, 5.41) is 2.91. The van der Waals surface area contributed by atoms with Gasteiger partial charge in [-0.3, -0.25) is 9.69 Å². The number of nitrogens with zero attached hydrogens (tertiary/aromatic N) is 3. The lowest BCUT2D eigenvalue weighted by atomic mass is 9.89. The van der Waals surface area contributed by atoms with Crippen LogP contribution in [-0.2, 0) is 0 Å². The van der Waals surface area contributed by atoms with Gasteiger partial charge in [0, 0.05) is 63.3 Å². The maximum atomic E-state index is 13.2. The lowest BCUT2D eigenvalue weighted by Crippen LogP contribution is -2.52. The number of hydrogen-bond donors (Lipinski definition) is 1. The number of benzene rings is 1. The Morgan fingerprint density at radius 3 is 2.45 bits per heavy atom. The van der Waals surface area contributed by atoms with Gasteiger partial charge in [0.25, 0.3) is 5.91 Å². The molecular formula is C25H38N4O2. The third kappa shape index (κ3) is 5.40. The van der Waals surface area contributed by atoms with Crippen molar-refractivity contribution in [1.82, 2.24) is 20.0 Å². The molecule has 4 rings (SSSR count). The molecule has 2 heterocycles. The van der Waals surface area contributed by atoms with Gasteiger partial charge in [0.05, 0.1) is 0 Å². The van der Waals surface area contributed by atoms with Crippen molar-refractivity contribution in [1.29, 1.82) is 0 Å². The summed E-state index contributed by atoms with van der Waals surface area (Å²) in [5.41, 5.74) is 1.97. The minimum Gasteiger partial charge on any atom is -0.338 e. The van der Waals surface area contributed by atoms with Gasteiger partial charge in [0.15, 0.2) is 0 Å².